The molecule has 0 aliphatic heterocycles. The fourth-order valence-electron chi connectivity index (χ4n) is 3.25. The van der Waals surface area contributed by atoms with Crippen LogP contribution in [0, 0.1) is 20.8 Å². The number of halogens is 1. The highest BCUT2D eigenvalue weighted by Gasteiger charge is 2.16. The van der Waals surface area contributed by atoms with Gasteiger partial charge in [0.25, 0.3) is 0 Å². The number of nitrogens with one attached hydrogen (secondary N) is 1. The van der Waals surface area contributed by atoms with Gasteiger partial charge in [-0.2, -0.15) is 5.10 Å². The molecule has 3 rings (SSSR count). The standard InChI is InChI=1S/C22H25ClN4O/c1-15-12-18(23)10-11-21(15)24-22(28)14-26(4)13-20-16(2)25-27(17(20)3)19-8-6-5-7-9-19/h5-12H,13-14H2,1-4H3,(H,24,28). The number of aromatic nitrogens is 2. The van der Waals surface area contributed by atoms with E-state index in [1.807, 2.05) is 72.9 Å². The van der Waals surface area contributed by atoms with E-state index in [2.05, 4.69) is 17.3 Å². The number of carbonyl (C=O) groups excluding carboxylic acids is 1. The van der Waals surface area contributed by atoms with E-state index < -0.39 is 0 Å². The van der Waals surface area contributed by atoms with E-state index in [1.54, 1.807) is 6.07 Å². The van der Waals surface area contributed by atoms with Crippen molar-refractivity contribution in [2.24, 2.45) is 0 Å². The number of amides is 1. The van der Waals surface area contributed by atoms with Gasteiger partial charge in [-0.25, -0.2) is 4.68 Å². The van der Waals surface area contributed by atoms with E-state index in [9.17, 15) is 4.79 Å². The van der Waals surface area contributed by atoms with E-state index in [1.165, 1.54) is 0 Å². The Balaban J connectivity index is 1.67. The molecule has 0 saturated carbocycles. The minimum atomic E-state index is -0.0568. The lowest BCUT2D eigenvalue weighted by Crippen LogP contribution is -2.30. The average molecular weight is 397 g/mol. The lowest BCUT2D eigenvalue weighted by atomic mass is 10.2. The van der Waals surface area contributed by atoms with Crippen LogP contribution in [-0.4, -0.2) is 34.2 Å². The predicted molar refractivity (Wildman–Crippen MR) is 114 cm³/mol. The van der Waals surface area contributed by atoms with Crippen molar-refractivity contribution >= 4 is 23.2 Å². The molecule has 0 unspecified atom stereocenters. The monoisotopic (exact) mass is 396 g/mol. The molecule has 2 aromatic carbocycles. The van der Waals surface area contributed by atoms with Gasteiger partial charge < -0.3 is 5.32 Å². The minimum Gasteiger partial charge on any atom is -0.325 e. The number of para-hydroxylation sites is 1. The summed E-state index contributed by atoms with van der Waals surface area (Å²) in [4.78, 5) is 14.4. The van der Waals surface area contributed by atoms with Crippen molar-refractivity contribution in [1.29, 1.82) is 0 Å². The molecule has 0 bridgehead atoms. The Morgan fingerprint density at radius 2 is 1.86 bits per heavy atom. The maximum atomic E-state index is 12.4. The van der Waals surface area contributed by atoms with Crippen LogP contribution in [0.5, 0.6) is 0 Å². The number of rotatable bonds is 6. The molecule has 1 heterocycles. The molecule has 0 saturated heterocycles. The van der Waals surface area contributed by atoms with Crippen LogP contribution in [0.15, 0.2) is 48.5 Å². The summed E-state index contributed by atoms with van der Waals surface area (Å²) in [6.45, 7) is 6.94. The van der Waals surface area contributed by atoms with Crippen LogP contribution < -0.4 is 5.32 Å². The molecule has 1 amide bonds. The van der Waals surface area contributed by atoms with Gasteiger partial charge in [0.1, 0.15) is 0 Å². The third-order valence-corrected chi connectivity index (χ3v) is 4.98. The Hall–Kier alpha value is -2.63. The second-order valence-corrected chi connectivity index (χ2v) is 7.51. The molecule has 0 fully saturated rings. The van der Waals surface area contributed by atoms with Crippen molar-refractivity contribution in [3.63, 3.8) is 0 Å². The van der Waals surface area contributed by atoms with Crippen molar-refractivity contribution in [2.45, 2.75) is 27.3 Å². The first-order chi connectivity index (χ1) is 13.3. The summed E-state index contributed by atoms with van der Waals surface area (Å²) in [5, 5.41) is 8.29. The summed E-state index contributed by atoms with van der Waals surface area (Å²) in [6, 6.07) is 15.5. The van der Waals surface area contributed by atoms with Gasteiger partial charge in [0.05, 0.1) is 17.9 Å². The van der Waals surface area contributed by atoms with Crippen LogP contribution in [0.4, 0.5) is 5.69 Å². The molecule has 3 aromatic rings. The maximum absolute atomic E-state index is 12.4. The SMILES string of the molecule is Cc1cc(Cl)ccc1NC(=O)CN(C)Cc1c(C)nn(-c2ccccc2)c1C. The van der Waals surface area contributed by atoms with Crippen molar-refractivity contribution in [3.05, 3.63) is 76.1 Å². The molecular weight excluding hydrogens is 372 g/mol. The number of anilines is 1. The van der Waals surface area contributed by atoms with E-state index in [0.717, 1.165) is 33.9 Å². The second kappa shape index (κ2) is 8.59. The number of aryl methyl sites for hydroxylation is 2. The number of carbonyl (C=O) groups is 1. The molecule has 6 heteroatoms. The van der Waals surface area contributed by atoms with Crippen LogP contribution in [0.25, 0.3) is 5.69 Å². The molecular formula is C22H25ClN4O. The van der Waals surface area contributed by atoms with Gasteiger partial charge in [0.15, 0.2) is 0 Å². The fraction of sp³-hybridized carbons (Fsp3) is 0.273. The van der Waals surface area contributed by atoms with Crippen LogP contribution in [0.3, 0.4) is 0 Å². The highest BCUT2D eigenvalue weighted by Crippen LogP contribution is 2.21. The van der Waals surface area contributed by atoms with Crippen LogP contribution >= 0.6 is 11.6 Å². The average Bonchev–Trinajstić information content (AvgIpc) is 2.93. The van der Waals surface area contributed by atoms with E-state index in [4.69, 9.17) is 11.6 Å². The van der Waals surface area contributed by atoms with Crippen LogP contribution in [0.2, 0.25) is 5.02 Å². The van der Waals surface area contributed by atoms with Gasteiger partial charge in [-0.05, 0) is 63.7 Å². The largest absolute Gasteiger partial charge is 0.325 e. The van der Waals surface area contributed by atoms with Crippen LogP contribution in [-0.2, 0) is 11.3 Å². The Labute approximate surface area is 170 Å². The molecule has 0 aliphatic rings. The Morgan fingerprint density at radius 1 is 1.14 bits per heavy atom. The molecule has 1 N–H and O–H groups in total. The number of likely N-dealkylation sites (N-methyl/N-ethyl adjacent to an activating group) is 1. The molecule has 28 heavy (non-hydrogen) atoms. The topological polar surface area (TPSA) is 50.2 Å². The first kappa shape index (κ1) is 20.1. The number of hydrogen-bond donors (Lipinski definition) is 1. The van der Waals surface area contributed by atoms with Gasteiger partial charge in [-0.15, -0.1) is 0 Å². The highest BCUT2D eigenvalue weighted by molar-refractivity contribution is 6.30. The quantitative estimate of drug-likeness (QED) is 0.666. The number of nitrogens with zero attached hydrogens (tertiary/aromatic N) is 3. The predicted octanol–water partition coefficient (Wildman–Crippen LogP) is 4.52. The summed E-state index contributed by atoms with van der Waals surface area (Å²) >= 11 is 5.98. The van der Waals surface area contributed by atoms with Crippen LogP contribution in [0.1, 0.15) is 22.5 Å². The lowest BCUT2D eigenvalue weighted by Gasteiger charge is -2.17. The minimum absolute atomic E-state index is 0.0568. The van der Waals surface area contributed by atoms with Gasteiger partial charge in [-0.1, -0.05) is 29.8 Å². The summed E-state index contributed by atoms with van der Waals surface area (Å²) in [5.74, 6) is -0.0568. The zero-order valence-corrected chi connectivity index (χ0v) is 17.4. The van der Waals surface area contributed by atoms with E-state index in [0.29, 0.717) is 11.6 Å². The van der Waals surface area contributed by atoms with E-state index in [-0.39, 0.29) is 12.5 Å². The molecule has 5 nitrogen and oxygen atoms in total. The zero-order valence-electron chi connectivity index (χ0n) is 16.7. The molecule has 0 atom stereocenters. The first-order valence-corrected chi connectivity index (χ1v) is 9.58. The number of hydrogen-bond acceptors (Lipinski definition) is 3. The Morgan fingerprint density at radius 3 is 2.54 bits per heavy atom. The maximum Gasteiger partial charge on any atom is 0.238 e. The van der Waals surface area contributed by atoms with Crippen molar-refractivity contribution in [3.8, 4) is 5.69 Å². The van der Waals surface area contributed by atoms with Crippen molar-refractivity contribution in [2.75, 3.05) is 18.9 Å². The molecule has 1 aromatic heterocycles. The summed E-state index contributed by atoms with van der Waals surface area (Å²) in [5.41, 5.74) is 5.97. The van der Waals surface area contributed by atoms with Gasteiger partial charge in [-0.3, -0.25) is 9.69 Å². The van der Waals surface area contributed by atoms with E-state index >= 15 is 0 Å². The van der Waals surface area contributed by atoms with Gasteiger partial charge in [0, 0.05) is 28.5 Å². The fourth-order valence-corrected chi connectivity index (χ4v) is 3.48. The molecule has 146 valence electrons. The third-order valence-electron chi connectivity index (χ3n) is 4.75. The third kappa shape index (κ3) is 4.61. The Bertz CT molecular complexity index is 982. The zero-order chi connectivity index (χ0) is 20.3. The first-order valence-electron chi connectivity index (χ1n) is 9.20. The Kier molecular flexibility index (Phi) is 6.17. The lowest BCUT2D eigenvalue weighted by molar-refractivity contribution is -0.117. The smallest absolute Gasteiger partial charge is 0.238 e. The molecule has 0 spiro atoms. The molecule has 0 aliphatic carbocycles. The van der Waals surface area contributed by atoms with Crippen molar-refractivity contribution < 1.29 is 4.79 Å². The van der Waals surface area contributed by atoms with Crippen molar-refractivity contribution in [1.82, 2.24) is 14.7 Å². The highest BCUT2D eigenvalue weighted by atomic mass is 35.5. The summed E-state index contributed by atoms with van der Waals surface area (Å²) in [6.07, 6.45) is 0. The number of benzene rings is 2. The second-order valence-electron chi connectivity index (χ2n) is 7.08. The van der Waals surface area contributed by atoms with Gasteiger partial charge >= 0.3 is 0 Å². The molecule has 0 radical (unpaired) electrons. The van der Waals surface area contributed by atoms with Gasteiger partial charge in [0.2, 0.25) is 5.91 Å². The summed E-state index contributed by atoms with van der Waals surface area (Å²) in [7, 11) is 1.94. The summed E-state index contributed by atoms with van der Waals surface area (Å²) < 4.78 is 1.95. The normalized spacial score (nSPS) is 11.1.